The molecule has 0 saturated heterocycles. The Bertz CT molecular complexity index is 923. The number of halogens is 1. The second-order valence-electron chi connectivity index (χ2n) is 5.45. The van der Waals surface area contributed by atoms with Crippen molar-refractivity contribution in [3.05, 3.63) is 64.1 Å². The molecule has 0 unspecified atom stereocenters. The summed E-state index contributed by atoms with van der Waals surface area (Å²) in [4.78, 5) is 13.4. The standard InChI is InChI=1S/C20H17FO4S/c1-23-16-8-13(9-17(24-2)20(16)25-3)19(22)18-10-14(11-26-18)12-5-4-6-15(21)7-12/h4-11H,1-3H3. The molecule has 0 N–H and O–H groups in total. The number of benzene rings is 2. The van der Waals surface area contributed by atoms with E-state index in [0.29, 0.717) is 27.7 Å². The second-order valence-corrected chi connectivity index (χ2v) is 6.36. The van der Waals surface area contributed by atoms with E-state index in [9.17, 15) is 9.18 Å². The fourth-order valence-electron chi connectivity index (χ4n) is 2.63. The molecule has 0 saturated carbocycles. The van der Waals surface area contributed by atoms with E-state index in [0.717, 1.165) is 11.1 Å². The molecule has 0 spiro atoms. The maximum Gasteiger partial charge on any atom is 0.203 e. The van der Waals surface area contributed by atoms with Crippen LogP contribution < -0.4 is 14.2 Å². The summed E-state index contributed by atoms with van der Waals surface area (Å²) in [7, 11) is 4.50. The topological polar surface area (TPSA) is 44.8 Å². The molecule has 1 aromatic heterocycles. The Morgan fingerprint density at radius 1 is 0.923 bits per heavy atom. The minimum absolute atomic E-state index is 0.170. The Kier molecular flexibility index (Phi) is 5.23. The van der Waals surface area contributed by atoms with E-state index in [-0.39, 0.29) is 11.6 Å². The number of hydrogen-bond donors (Lipinski definition) is 0. The molecule has 0 aliphatic carbocycles. The van der Waals surface area contributed by atoms with Crippen molar-refractivity contribution >= 4 is 17.1 Å². The maximum atomic E-state index is 13.4. The SMILES string of the molecule is COc1cc(C(=O)c2cc(-c3cccc(F)c3)cs2)cc(OC)c1OC. The number of hydrogen-bond acceptors (Lipinski definition) is 5. The van der Waals surface area contributed by atoms with E-state index < -0.39 is 0 Å². The summed E-state index contributed by atoms with van der Waals surface area (Å²) in [5.41, 5.74) is 1.95. The van der Waals surface area contributed by atoms with Crippen LogP contribution >= 0.6 is 11.3 Å². The van der Waals surface area contributed by atoms with Gasteiger partial charge in [0.05, 0.1) is 26.2 Å². The first kappa shape index (κ1) is 17.9. The molecule has 0 amide bonds. The van der Waals surface area contributed by atoms with Crippen molar-refractivity contribution in [2.75, 3.05) is 21.3 Å². The predicted molar refractivity (Wildman–Crippen MR) is 99.2 cm³/mol. The Hall–Kier alpha value is -2.86. The third kappa shape index (κ3) is 3.41. The van der Waals surface area contributed by atoms with Crippen LogP contribution in [-0.2, 0) is 0 Å². The van der Waals surface area contributed by atoms with Gasteiger partial charge in [-0.3, -0.25) is 4.79 Å². The summed E-state index contributed by atoms with van der Waals surface area (Å²) < 4.78 is 29.3. The average molecular weight is 372 g/mol. The highest BCUT2D eigenvalue weighted by molar-refractivity contribution is 7.12. The molecule has 4 nitrogen and oxygen atoms in total. The first-order valence-electron chi connectivity index (χ1n) is 7.76. The molecule has 0 radical (unpaired) electrons. The third-order valence-corrected chi connectivity index (χ3v) is 4.84. The molecule has 1 heterocycles. The Balaban J connectivity index is 1.98. The molecule has 134 valence electrons. The summed E-state index contributed by atoms with van der Waals surface area (Å²) in [6.45, 7) is 0. The number of ether oxygens (including phenoxy) is 3. The van der Waals surface area contributed by atoms with Crippen molar-refractivity contribution < 1.29 is 23.4 Å². The van der Waals surface area contributed by atoms with Crippen LogP contribution in [0.2, 0.25) is 0 Å². The van der Waals surface area contributed by atoms with Crippen LogP contribution in [0.15, 0.2) is 47.8 Å². The summed E-state index contributed by atoms with van der Waals surface area (Å²) in [5, 5.41) is 1.83. The molecule has 0 atom stereocenters. The lowest BCUT2D eigenvalue weighted by Crippen LogP contribution is -2.02. The summed E-state index contributed by atoms with van der Waals surface area (Å²) in [6.07, 6.45) is 0. The number of rotatable bonds is 6. The lowest BCUT2D eigenvalue weighted by atomic mass is 10.1. The van der Waals surface area contributed by atoms with Crippen molar-refractivity contribution in [1.29, 1.82) is 0 Å². The van der Waals surface area contributed by atoms with Crippen LogP contribution in [0.5, 0.6) is 17.2 Å². The van der Waals surface area contributed by atoms with E-state index in [1.54, 1.807) is 30.3 Å². The van der Waals surface area contributed by atoms with Crippen LogP contribution in [-0.4, -0.2) is 27.1 Å². The summed E-state index contributed by atoms with van der Waals surface area (Å²) in [6, 6.07) is 11.3. The van der Waals surface area contributed by atoms with Crippen LogP contribution in [0.25, 0.3) is 11.1 Å². The maximum absolute atomic E-state index is 13.4. The van der Waals surface area contributed by atoms with Gasteiger partial charge in [-0.15, -0.1) is 11.3 Å². The molecule has 3 aromatic rings. The lowest BCUT2D eigenvalue weighted by Gasteiger charge is -2.13. The molecule has 0 fully saturated rings. The Morgan fingerprint density at radius 3 is 2.19 bits per heavy atom. The van der Waals surface area contributed by atoms with Crippen molar-refractivity contribution in [3.8, 4) is 28.4 Å². The van der Waals surface area contributed by atoms with Gasteiger partial charge in [0, 0.05) is 5.56 Å². The van der Waals surface area contributed by atoms with Gasteiger partial charge in [0.2, 0.25) is 11.5 Å². The molecular formula is C20H17FO4S. The smallest absolute Gasteiger partial charge is 0.203 e. The number of thiophene rings is 1. The number of ketones is 1. The monoisotopic (exact) mass is 372 g/mol. The lowest BCUT2D eigenvalue weighted by molar-refractivity contribution is 0.104. The van der Waals surface area contributed by atoms with Crippen molar-refractivity contribution in [2.24, 2.45) is 0 Å². The Labute approximate surface area is 154 Å². The minimum Gasteiger partial charge on any atom is -0.493 e. The van der Waals surface area contributed by atoms with Crippen LogP contribution in [0, 0.1) is 5.82 Å². The average Bonchev–Trinajstić information content (AvgIpc) is 3.16. The molecule has 3 rings (SSSR count). The zero-order valence-corrected chi connectivity index (χ0v) is 15.4. The van der Waals surface area contributed by atoms with Gasteiger partial charge >= 0.3 is 0 Å². The first-order chi connectivity index (χ1) is 12.6. The van der Waals surface area contributed by atoms with Gasteiger partial charge in [-0.05, 0) is 46.8 Å². The van der Waals surface area contributed by atoms with Gasteiger partial charge < -0.3 is 14.2 Å². The van der Waals surface area contributed by atoms with Crippen molar-refractivity contribution in [1.82, 2.24) is 0 Å². The van der Waals surface area contributed by atoms with Crippen LogP contribution in [0.3, 0.4) is 0 Å². The number of methoxy groups -OCH3 is 3. The summed E-state index contributed by atoms with van der Waals surface area (Å²) in [5.74, 6) is 0.774. The highest BCUT2D eigenvalue weighted by Crippen LogP contribution is 2.39. The normalized spacial score (nSPS) is 10.5. The van der Waals surface area contributed by atoms with E-state index in [1.165, 1.54) is 44.8 Å². The zero-order chi connectivity index (χ0) is 18.7. The molecule has 2 aromatic carbocycles. The second kappa shape index (κ2) is 7.58. The van der Waals surface area contributed by atoms with Gasteiger partial charge in [-0.25, -0.2) is 4.39 Å². The van der Waals surface area contributed by atoms with Crippen LogP contribution in [0.4, 0.5) is 4.39 Å². The Morgan fingerprint density at radius 2 is 1.62 bits per heavy atom. The number of carbonyl (C=O) groups is 1. The van der Waals surface area contributed by atoms with Gasteiger partial charge in [0.25, 0.3) is 0 Å². The number of carbonyl (C=O) groups excluding carboxylic acids is 1. The summed E-state index contributed by atoms with van der Waals surface area (Å²) >= 11 is 1.31. The fourth-order valence-corrected chi connectivity index (χ4v) is 3.51. The molecular weight excluding hydrogens is 355 g/mol. The molecule has 0 aliphatic rings. The van der Waals surface area contributed by atoms with Gasteiger partial charge in [0.1, 0.15) is 5.82 Å². The van der Waals surface area contributed by atoms with Crippen LogP contribution in [0.1, 0.15) is 15.2 Å². The van der Waals surface area contributed by atoms with Gasteiger partial charge in [-0.1, -0.05) is 12.1 Å². The fraction of sp³-hybridized carbons (Fsp3) is 0.150. The predicted octanol–water partition coefficient (Wildman–Crippen LogP) is 4.81. The molecule has 6 heteroatoms. The quantitative estimate of drug-likeness (QED) is 0.583. The first-order valence-corrected chi connectivity index (χ1v) is 8.64. The van der Waals surface area contributed by atoms with E-state index in [2.05, 4.69) is 0 Å². The van der Waals surface area contributed by atoms with Crippen molar-refractivity contribution in [2.45, 2.75) is 0 Å². The molecule has 26 heavy (non-hydrogen) atoms. The minimum atomic E-state index is -0.314. The largest absolute Gasteiger partial charge is 0.493 e. The molecule has 0 bridgehead atoms. The third-order valence-electron chi connectivity index (χ3n) is 3.91. The van der Waals surface area contributed by atoms with E-state index in [1.807, 2.05) is 5.38 Å². The van der Waals surface area contributed by atoms with E-state index in [4.69, 9.17) is 14.2 Å². The van der Waals surface area contributed by atoms with Gasteiger partial charge in [-0.2, -0.15) is 0 Å². The van der Waals surface area contributed by atoms with Gasteiger partial charge in [0.15, 0.2) is 11.5 Å². The highest BCUT2D eigenvalue weighted by Gasteiger charge is 2.19. The highest BCUT2D eigenvalue weighted by atomic mass is 32.1. The van der Waals surface area contributed by atoms with E-state index >= 15 is 0 Å². The zero-order valence-electron chi connectivity index (χ0n) is 14.5. The van der Waals surface area contributed by atoms with Crippen molar-refractivity contribution in [3.63, 3.8) is 0 Å². The molecule has 0 aliphatic heterocycles.